The lowest BCUT2D eigenvalue weighted by Gasteiger charge is -2.22. The Labute approximate surface area is 167 Å². The van der Waals surface area contributed by atoms with Gasteiger partial charge in [0.05, 0.1) is 6.04 Å². The quantitative estimate of drug-likeness (QED) is 0.562. The number of hydrogen-bond donors (Lipinski definition) is 3. The van der Waals surface area contributed by atoms with Gasteiger partial charge in [0.1, 0.15) is 0 Å². The fraction of sp³-hybridized carbons (Fsp3) is 0.348. The van der Waals surface area contributed by atoms with Gasteiger partial charge in [0.2, 0.25) is 5.91 Å². The van der Waals surface area contributed by atoms with E-state index in [2.05, 4.69) is 69.2 Å². The number of rotatable bonds is 8. The van der Waals surface area contributed by atoms with Crippen molar-refractivity contribution in [2.45, 2.75) is 25.8 Å². The maximum absolute atomic E-state index is 12.1. The van der Waals surface area contributed by atoms with E-state index >= 15 is 0 Å². The molecule has 0 aliphatic heterocycles. The molecule has 3 N–H and O–H groups in total. The van der Waals surface area contributed by atoms with Gasteiger partial charge in [0.25, 0.3) is 0 Å². The van der Waals surface area contributed by atoms with E-state index in [1.54, 1.807) is 0 Å². The van der Waals surface area contributed by atoms with Gasteiger partial charge in [-0.2, -0.15) is 0 Å². The smallest absolute Gasteiger partial charge is 0.236 e. The zero-order valence-electron chi connectivity index (χ0n) is 17.1. The number of nitrogens with zero attached hydrogens (tertiary/aromatic N) is 1. The first-order valence-electron chi connectivity index (χ1n) is 9.85. The van der Waals surface area contributed by atoms with Crippen LogP contribution in [0.3, 0.4) is 0 Å². The topological polar surface area (TPSA) is 60.2 Å². The van der Waals surface area contributed by atoms with E-state index in [9.17, 15) is 4.79 Å². The molecule has 148 valence electrons. The molecule has 1 amide bonds. The summed E-state index contributed by atoms with van der Waals surface area (Å²) < 4.78 is 0. The molecule has 2 aromatic carbocycles. The molecule has 5 nitrogen and oxygen atoms in total. The molecule has 0 unspecified atom stereocenters. The molecule has 0 spiro atoms. The monoisotopic (exact) mass is 378 g/mol. The predicted molar refractivity (Wildman–Crippen MR) is 117 cm³/mol. The number of hydrogen-bond acceptors (Lipinski definition) is 3. The average Bonchev–Trinajstić information content (AvgIpc) is 3.12. The fourth-order valence-corrected chi connectivity index (χ4v) is 3.51. The van der Waals surface area contributed by atoms with Gasteiger partial charge >= 0.3 is 0 Å². The SMILES string of the molecule is CCNC(=O)[C@H](C)NC[C@H](c1ccc(N(C)C)cc1)c1c[nH]c2ccccc12. The van der Waals surface area contributed by atoms with Gasteiger partial charge in [-0.25, -0.2) is 0 Å². The second-order valence-electron chi connectivity index (χ2n) is 7.35. The van der Waals surface area contributed by atoms with Crippen LogP contribution in [0, 0.1) is 0 Å². The van der Waals surface area contributed by atoms with Crippen molar-refractivity contribution in [3.05, 3.63) is 65.9 Å². The van der Waals surface area contributed by atoms with Crippen molar-refractivity contribution < 1.29 is 4.79 Å². The minimum atomic E-state index is -0.242. The van der Waals surface area contributed by atoms with Crippen molar-refractivity contribution in [2.24, 2.45) is 0 Å². The number of aromatic nitrogens is 1. The highest BCUT2D eigenvalue weighted by Crippen LogP contribution is 2.31. The highest BCUT2D eigenvalue weighted by Gasteiger charge is 2.20. The summed E-state index contributed by atoms with van der Waals surface area (Å²) in [5.74, 6) is 0.173. The Morgan fingerprint density at radius 2 is 1.82 bits per heavy atom. The molecule has 28 heavy (non-hydrogen) atoms. The molecule has 0 aliphatic rings. The van der Waals surface area contributed by atoms with E-state index in [-0.39, 0.29) is 17.9 Å². The van der Waals surface area contributed by atoms with Gasteiger partial charge in [-0.05, 0) is 43.2 Å². The standard InChI is InChI=1S/C23H30N4O/c1-5-24-23(28)16(2)25-14-20(17-10-12-18(13-11-17)27(3)4)21-15-26-22-9-7-6-8-19(21)22/h6-13,15-16,20,25-26H,5,14H2,1-4H3,(H,24,28)/t16-,20+/m0/s1. The third kappa shape index (κ3) is 4.37. The van der Waals surface area contributed by atoms with E-state index in [4.69, 9.17) is 0 Å². The number of fused-ring (bicyclic) bond motifs is 1. The van der Waals surface area contributed by atoms with E-state index in [1.807, 2.05) is 34.0 Å². The zero-order valence-corrected chi connectivity index (χ0v) is 17.1. The maximum Gasteiger partial charge on any atom is 0.236 e. The van der Waals surface area contributed by atoms with E-state index in [0.717, 1.165) is 5.52 Å². The summed E-state index contributed by atoms with van der Waals surface area (Å²) in [6.07, 6.45) is 2.09. The zero-order chi connectivity index (χ0) is 20.1. The van der Waals surface area contributed by atoms with Crippen LogP contribution in [0.1, 0.15) is 30.9 Å². The van der Waals surface area contributed by atoms with Crippen molar-refractivity contribution in [2.75, 3.05) is 32.1 Å². The van der Waals surface area contributed by atoms with Gasteiger partial charge in [-0.3, -0.25) is 4.79 Å². The van der Waals surface area contributed by atoms with Crippen LogP contribution in [-0.4, -0.2) is 44.1 Å². The Bertz CT molecular complexity index is 914. The van der Waals surface area contributed by atoms with E-state index in [1.165, 1.54) is 22.2 Å². The summed E-state index contributed by atoms with van der Waals surface area (Å²) in [7, 11) is 4.09. The van der Waals surface area contributed by atoms with Crippen LogP contribution in [0.2, 0.25) is 0 Å². The van der Waals surface area contributed by atoms with E-state index in [0.29, 0.717) is 13.1 Å². The summed E-state index contributed by atoms with van der Waals surface area (Å²) in [5.41, 5.74) is 4.77. The number of aromatic amines is 1. The molecule has 0 bridgehead atoms. The number of nitrogens with one attached hydrogen (secondary N) is 3. The molecule has 1 aromatic heterocycles. The van der Waals surface area contributed by atoms with Gasteiger partial charge in [-0.15, -0.1) is 0 Å². The lowest BCUT2D eigenvalue weighted by molar-refractivity contribution is -0.122. The normalized spacial score (nSPS) is 13.3. The third-order valence-corrected chi connectivity index (χ3v) is 5.18. The predicted octanol–water partition coefficient (Wildman–Crippen LogP) is 3.48. The molecule has 0 saturated heterocycles. The Morgan fingerprint density at radius 1 is 1.11 bits per heavy atom. The van der Waals surface area contributed by atoms with Gasteiger partial charge in [-0.1, -0.05) is 30.3 Å². The summed E-state index contributed by atoms with van der Waals surface area (Å²) in [6.45, 7) is 5.17. The summed E-state index contributed by atoms with van der Waals surface area (Å²) >= 11 is 0. The van der Waals surface area contributed by atoms with Crippen molar-refractivity contribution in [1.29, 1.82) is 0 Å². The number of amides is 1. The largest absolute Gasteiger partial charge is 0.378 e. The van der Waals surface area contributed by atoms with Gasteiger partial charge in [0.15, 0.2) is 0 Å². The lowest BCUT2D eigenvalue weighted by Crippen LogP contribution is -2.43. The molecule has 3 rings (SSSR count). The number of benzene rings is 2. The molecule has 0 saturated carbocycles. The Balaban J connectivity index is 1.91. The van der Waals surface area contributed by atoms with Crippen LogP contribution in [0.25, 0.3) is 10.9 Å². The van der Waals surface area contributed by atoms with Gasteiger partial charge < -0.3 is 20.5 Å². The lowest BCUT2D eigenvalue weighted by atomic mass is 9.90. The number of para-hydroxylation sites is 1. The van der Waals surface area contributed by atoms with Gasteiger partial charge in [0, 0.05) is 55.9 Å². The first kappa shape index (κ1) is 20.0. The number of carbonyl (C=O) groups excluding carboxylic acids is 1. The van der Waals surface area contributed by atoms with Crippen LogP contribution in [0.15, 0.2) is 54.7 Å². The molecule has 0 radical (unpaired) electrons. The molecule has 1 heterocycles. The van der Waals surface area contributed by atoms with Crippen molar-refractivity contribution in [3.8, 4) is 0 Å². The molecule has 5 heteroatoms. The molecule has 0 fully saturated rings. The molecule has 0 aliphatic carbocycles. The summed E-state index contributed by atoms with van der Waals surface area (Å²) in [6, 6.07) is 16.8. The maximum atomic E-state index is 12.1. The number of anilines is 1. The molecule has 3 aromatic rings. The molecular formula is C23H30N4O. The highest BCUT2D eigenvalue weighted by atomic mass is 16.2. The van der Waals surface area contributed by atoms with Crippen LogP contribution in [-0.2, 0) is 4.79 Å². The number of H-pyrrole nitrogens is 1. The number of carbonyl (C=O) groups is 1. The first-order valence-corrected chi connectivity index (χ1v) is 9.85. The molecular weight excluding hydrogens is 348 g/mol. The van der Waals surface area contributed by atoms with Crippen molar-refractivity contribution in [3.63, 3.8) is 0 Å². The minimum absolute atomic E-state index is 0.0307. The van der Waals surface area contributed by atoms with Crippen molar-refractivity contribution in [1.82, 2.24) is 15.6 Å². The Morgan fingerprint density at radius 3 is 2.50 bits per heavy atom. The molecule has 2 atom stereocenters. The highest BCUT2D eigenvalue weighted by molar-refractivity contribution is 5.84. The summed E-state index contributed by atoms with van der Waals surface area (Å²) in [4.78, 5) is 17.6. The average molecular weight is 379 g/mol. The van der Waals surface area contributed by atoms with E-state index < -0.39 is 0 Å². The summed E-state index contributed by atoms with van der Waals surface area (Å²) in [5, 5.41) is 7.52. The fourth-order valence-electron chi connectivity index (χ4n) is 3.51. The second-order valence-corrected chi connectivity index (χ2v) is 7.35. The Kier molecular flexibility index (Phi) is 6.37. The van der Waals surface area contributed by atoms with Crippen LogP contribution < -0.4 is 15.5 Å². The first-order chi connectivity index (χ1) is 13.5. The van der Waals surface area contributed by atoms with Crippen LogP contribution in [0.4, 0.5) is 5.69 Å². The minimum Gasteiger partial charge on any atom is -0.378 e. The number of likely N-dealkylation sites (N-methyl/N-ethyl adjacent to an activating group) is 1. The Hall–Kier alpha value is -2.79. The van der Waals surface area contributed by atoms with Crippen molar-refractivity contribution >= 4 is 22.5 Å². The van der Waals surface area contributed by atoms with Crippen LogP contribution >= 0.6 is 0 Å². The third-order valence-electron chi connectivity index (χ3n) is 5.18. The van der Waals surface area contributed by atoms with Crippen LogP contribution in [0.5, 0.6) is 0 Å². The second kappa shape index (κ2) is 8.93.